The lowest BCUT2D eigenvalue weighted by Crippen LogP contribution is -2.48. The number of carbonyl (C=O) groups excluding carboxylic acids is 2. The van der Waals surface area contributed by atoms with E-state index < -0.39 is 0 Å². The fourth-order valence-electron chi connectivity index (χ4n) is 5.36. The number of benzene rings is 2. The molecule has 1 fully saturated rings. The first-order valence-electron chi connectivity index (χ1n) is 12.4. The molecule has 2 amide bonds. The quantitative estimate of drug-likeness (QED) is 0.425. The maximum absolute atomic E-state index is 13.2. The van der Waals surface area contributed by atoms with Gasteiger partial charge in [-0.2, -0.15) is 0 Å². The lowest BCUT2D eigenvalue weighted by atomic mass is 9.90. The van der Waals surface area contributed by atoms with Gasteiger partial charge in [0.05, 0.1) is 39.3 Å². The summed E-state index contributed by atoms with van der Waals surface area (Å²) >= 11 is 14.1. The van der Waals surface area contributed by atoms with Crippen molar-refractivity contribution in [2.75, 3.05) is 43.3 Å². The number of nitrogens with zero attached hydrogens (tertiary/aromatic N) is 5. The summed E-state index contributed by atoms with van der Waals surface area (Å²) in [5.41, 5.74) is 4.11. The highest BCUT2D eigenvalue weighted by Gasteiger charge is 2.54. The number of halogens is 2. The first kappa shape index (κ1) is 25.4. The van der Waals surface area contributed by atoms with E-state index >= 15 is 0 Å². The van der Waals surface area contributed by atoms with Crippen LogP contribution in [0.2, 0.25) is 10.0 Å². The summed E-state index contributed by atoms with van der Waals surface area (Å²) in [4.78, 5) is 40.7. The standard InChI is InChI=1S/C27H26Cl2N6O2S/c1-33(2)14-22(36)35-11-8-16-12-17(6-7-19(16)27(35)9-10-27)31-26-30-13-18-24(32-26)38-15-34(25(18)37)23-20(28)4-3-5-21(23)29/h3-7,12-13H,8-11,14-15H2,1-2H3,(H,30,31,32). The Kier molecular flexibility index (Phi) is 6.50. The van der Waals surface area contributed by atoms with Crippen molar-refractivity contribution < 1.29 is 9.59 Å². The number of likely N-dealkylation sites (N-methyl/N-ethyl adjacent to an activating group) is 1. The number of fused-ring (bicyclic) bond motifs is 3. The van der Waals surface area contributed by atoms with Crippen molar-refractivity contribution in [3.05, 3.63) is 69.3 Å². The van der Waals surface area contributed by atoms with Crippen LogP contribution < -0.4 is 10.2 Å². The molecule has 3 aliphatic rings. The van der Waals surface area contributed by atoms with Gasteiger partial charge in [0.25, 0.3) is 5.91 Å². The molecule has 38 heavy (non-hydrogen) atoms. The van der Waals surface area contributed by atoms with Crippen LogP contribution in [0.15, 0.2) is 47.6 Å². The van der Waals surface area contributed by atoms with Crippen molar-refractivity contribution in [2.24, 2.45) is 0 Å². The highest BCUT2D eigenvalue weighted by Crippen LogP contribution is 2.54. The fraction of sp³-hybridized carbons (Fsp3) is 0.333. The molecule has 1 saturated carbocycles. The molecule has 11 heteroatoms. The number of hydrogen-bond donors (Lipinski definition) is 1. The van der Waals surface area contributed by atoms with Crippen LogP contribution in [0, 0.1) is 0 Å². The van der Waals surface area contributed by atoms with Gasteiger partial charge in [0.15, 0.2) is 0 Å². The van der Waals surface area contributed by atoms with Crippen molar-refractivity contribution >= 4 is 64.1 Å². The van der Waals surface area contributed by atoms with Crippen LogP contribution in [0.4, 0.5) is 17.3 Å². The fourth-order valence-corrected chi connectivity index (χ4v) is 6.90. The average Bonchev–Trinajstić information content (AvgIpc) is 3.65. The zero-order chi connectivity index (χ0) is 26.6. The number of carbonyl (C=O) groups is 2. The van der Waals surface area contributed by atoms with Crippen LogP contribution in [0.25, 0.3) is 0 Å². The first-order chi connectivity index (χ1) is 18.3. The molecule has 1 aromatic heterocycles. The molecule has 1 aliphatic carbocycles. The van der Waals surface area contributed by atoms with E-state index in [-0.39, 0.29) is 17.4 Å². The van der Waals surface area contributed by atoms with Crippen LogP contribution in [0.1, 0.15) is 34.3 Å². The van der Waals surface area contributed by atoms with Crippen molar-refractivity contribution in [1.29, 1.82) is 0 Å². The number of aromatic nitrogens is 2. The van der Waals surface area contributed by atoms with Crippen molar-refractivity contribution in [1.82, 2.24) is 19.8 Å². The second kappa shape index (κ2) is 9.72. The third kappa shape index (κ3) is 4.41. The molecule has 0 bridgehead atoms. The number of rotatable bonds is 5. The normalized spacial score (nSPS) is 17.4. The minimum absolute atomic E-state index is 0.158. The Labute approximate surface area is 235 Å². The first-order valence-corrected chi connectivity index (χ1v) is 14.1. The largest absolute Gasteiger partial charge is 0.331 e. The second-order valence-corrected chi connectivity index (χ2v) is 11.8. The molecule has 6 rings (SSSR count). The zero-order valence-electron chi connectivity index (χ0n) is 21.0. The molecule has 1 spiro atoms. The smallest absolute Gasteiger partial charge is 0.263 e. The van der Waals surface area contributed by atoms with Crippen LogP contribution in [-0.2, 0) is 16.8 Å². The highest BCUT2D eigenvalue weighted by atomic mass is 35.5. The summed E-state index contributed by atoms with van der Waals surface area (Å²) in [6, 6.07) is 11.4. The molecule has 0 atom stereocenters. The summed E-state index contributed by atoms with van der Waals surface area (Å²) in [5.74, 6) is 0.714. The molecule has 196 valence electrons. The zero-order valence-corrected chi connectivity index (χ0v) is 23.3. The Morgan fingerprint density at radius 3 is 2.66 bits per heavy atom. The molecule has 1 N–H and O–H groups in total. The van der Waals surface area contributed by atoms with Crippen molar-refractivity contribution in [2.45, 2.75) is 29.8 Å². The van der Waals surface area contributed by atoms with E-state index in [9.17, 15) is 9.59 Å². The predicted molar refractivity (Wildman–Crippen MR) is 151 cm³/mol. The number of amides is 2. The minimum atomic E-state index is -0.239. The van der Waals surface area contributed by atoms with E-state index in [1.165, 1.54) is 22.9 Å². The van der Waals surface area contributed by atoms with E-state index in [2.05, 4.69) is 32.3 Å². The summed E-state index contributed by atoms with van der Waals surface area (Å²) in [6.45, 7) is 1.15. The van der Waals surface area contributed by atoms with Gasteiger partial charge in [-0.05, 0) is 68.8 Å². The Balaban J connectivity index is 1.21. The van der Waals surface area contributed by atoms with Gasteiger partial charge < -0.3 is 15.1 Å². The van der Waals surface area contributed by atoms with Crippen LogP contribution in [0.3, 0.4) is 0 Å². The van der Waals surface area contributed by atoms with Crippen LogP contribution in [0.5, 0.6) is 0 Å². The summed E-state index contributed by atoms with van der Waals surface area (Å²) < 4.78 is 0. The molecule has 2 aromatic carbocycles. The molecule has 0 saturated heterocycles. The summed E-state index contributed by atoms with van der Waals surface area (Å²) in [6.07, 6.45) is 4.35. The summed E-state index contributed by atoms with van der Waals surface area (Å²) in [7, 11) is 3.85. The minimum Gasteiger partial charge on any atom is -0.331 e. The van der Waals surface area contributed by atoms with E-state index in [1.807, 2.05) is 25.1 Å². The molecular weight excluding hydrogens is 543 g/mol. The molecule has 3 heterocycles. The molecule has 2 aliphatic heterocycles. The van der Waals surface area contributed by atoms with E-state index in [0.717, 1.165) is 31.5 Å². The predicted octanol–water partition coefficient (Wildman–Crippen LogP) is 5.17. The third-order valence-electron chi connectivity index (χ3n) is 7.23. The van der Waals surface area contributed by atoms with Gasteiger partial charge in [0, 0.05) is 18.4 Å². The van der Waals surface area contributed by atoms with Crippen molar-refractivity contribution in [3.63, 3.8) is 0 Å². The second-order valence-electron chi connectivity index (χ2n) is 10.1. The third-order valence-corrected chi connectivity index (χ3v) is 8.81. The highest BCUT2D eigenvalue weighted by molar-refractivity contribution is 7.99. The maximum atomic E-state index is 13.2. The van der Waals surface area contributed by atoms with Gasteiger partial charge in [-0.15, -0.1) is 0 Å². The van der Waals surface area contributed by atoms with Gasteiger partial charge in [-0.1, -0.05) is 47.1 Å². The van der Waals surface area contributed by atoms with Gasteiger partial charge in [0.2, 0.25) is 11.9 Å². The lowest BCUT2D eigenvalue weighted by molar-refractivity contribution is -0.135. The average molecular weight is 570 g/mol. The number of para-hydroxylation sites is 1. The van der Waals surface area contributed by atoms with E-state index in [4.69, 9.17) is 23.2 Å². The number of hydrogen-bond acceptors (Lipinski definition) is 7. The topological polar surface area (TPSA) is 81.7 Å². The molecule has 0 radical (unpaired) electrons. The van der Waals surface area contributed by atoms with Gasteiger partial charge in [0.1, 0.15) is 5.03 Å². The number of thioether (sulfide) groups is 1. The monoisotopic (exact) mass is 568 g/mol. The Hall–Kier alpha value is -2.85. The lowest BCUT2D eigenvalue weighted by Gasteiger charge is -2.39. The van der Waals surface area contributed by atoms with Gasteiger partial charge in [-0.25, -0.2) is 9.97 Å². The maximum Gasteiger partial charge on any atom is 0.263 e. The SMILES string of the molecule is CN(C)CC(=O)N1CCc2cc(Nc3ncc4c(n3)SCN(c3c(Cl)cccc3Cl)C4=O)ccc2C12CC2. The Bertz CT molecular complexity index is 1440. The number of nitrogens with one attached hydrogen (secondary N) is 1. The van der Waals surface area contributed by atoms with Gasteiger partial charge >= 0.3 is 0 Å². The molecule has 0 unspecified atom stereocenters. The van der Waals surface area contributed by atoms with Crippen LogP contribution in [-0.4, -0.2) is 64.6 Å². The Morgan fingerprint density at radius 1 is 1.18 bits per heavy atom. The molecular formula is C27H26Cl2N6O2S. The summed E-state index contributed by atoms with van der Waals surface area (Å²) in [5, 5.41) is 4.74. The van der Waals surface area contributed by atoms with E-state index in [0.29, 0.717) is 44.7 Å². The van der Waals surface area contributed by atoms with Gasteiger partial charge in [-0.3, -0.25) is 14.5 Å². The Morgan fingerprint density at radius 2 is 1.95 bits per heavy atom. The van der Waals surface area contributed by atoms with Crippen molar-refractivity contribution in [3.8, 4) is 0 Å². The van der Waals surface area contributed by atoms with Crippen LogP contribution >= 0.6 is 35.0 Å². The number of anilines is 3. The van der Waals surface area contributed by atoms with E-state index in [1.54, 1.807) is 29.3 Å². The molecule has 3 aromatic rings. The molecule has 8 nitrogen and oxygen atoms in total.